The molecule has 0 amide bonds. The molecule has 0 aliphatic carbocycles. The minimum absolute atomic E-state index is 0.104. The van der Waals surface area contributed by atoms with Crippen LogP contribution in [-0.2, 0) is 11.3 Å². The van der Waals surface area contributed by atoms with E-state index in [1.165, 1.54) is 12.5 Å². The molecule has 19 heavy (non-hydrogen) atoms. The molecule has 0 bridgehead atoms. The minimum Gasteiger partial charge on any atom is -0.477 e. The molecule has 0 aromatic carbocycles. The van der Waals surface area contributed by atoms with E-state index in [4.69, 9.17) is 9.84 Å². The van der Waals surface area contributed by atoms with E-state index < -0.39 is 5.97 Å². The van der Waals surface area contributed by atoms with Crippen LogP contribution in [0.1, 0.15) is 29.0 Å². The first kappa shape index (κ1) is 14.0. The summed E-state index contributed by atoms with van der Waals surface area (Å²) in [5.74, 6) is -0.411. The predicted molar refractivity (Wildman–Crippen MR) is 71.1 cm³/mol. The third-order valence-electron chi connectivity index (χ3n) is 3.28. The fourth-order valence-electron chi connectivity index (χ4n) is 2.42. The van der Waals surface area contributed by atoms with Crippen molar-refractivity contribution < 1.29 is 14.6 Å². The van der Waals surface area contributed by atoms with Crippen molar-refractivity contribution in [2.45, 2.75) is 19.4 Å². The lowest BCUT2D eigenvalue weighted by molar-refractivity contribution is 0.0410. The van der Waals surface area contributed by atoms with Crippen molar-refractivity contribution in [2.24, 2.45) is 5.92 Å². The summed E-state index contributed by atoms with van der Waals surface area (Å²) in [6.07, 6.45) is 2.33. The molecule has 2 rings (SSSR count). The second kappa shape index (κ2) is 6.63. The van der Waals surface area contributed by atoms with E-state index in [0.29, 0.717) is 12.5 Å². The molecular weight excluding hydrogens is 244 g/mol. The van der Waals surface area contributed by atoms with Gasteiger partial charge in [-0.2, -0.15) is 0 Å². The summed E-state index contributed by atoms with van der Waals surface area (Å²) in [6, 6.07) is 5.12. The van der Waals surface area contributed by atoms with Crippen LogP contribution < -0.4 is 0 Å². The summed E-state index contributed by atoms with van der Waals surface area (Å²) < 4.78 is 5.46. The van der Waals surface area contributed by atoms with Crippen LogP contribution in [0.2, 0.25) is 0 Å². The van der Waals surface area contributed by atoms with E-state index in [2.05, 4.69) is 9.88 Å². The molecule has 1 aromatic heterocycles. The van der Waals surface area contributed by atoms with E-state index in [9.17, 15) is 4.79 Å². The molecule has 0 saturated carbocycles. The molecular formula is C14H20N2O3. The van der Waals surface area contributed by atoms with Crippen LogP contribution in [0.25, 0.3) is 0 Å². The summed E-state index contributed by atoms with van der Waals surface area (Å²) in [7, 11) is 2.03. The topological polar surface area (TPSA) is 62.7 Å². The first-order valence-electron chi connectivity index (χ1n) is 6.60. The van der Waals surface area contributed by atoms with Crippen LogP contribution >= 0.6 is 0 Å². The molecule has 1 N–H and O–H groups in total. The molecule has 1 aliphatic rings. The third kappa shape index (κ3) is 4.29. The molecule has 5 heteroatoms. The second-order valence-electron chi connectivity index (χ2n) is 5.10. The Hall–Kier alpha value is -1.46. The number of hydrogen-bond acceptors (Lipinski definition) is 4. The van der Waals surface area contributed by atoms with Crippen LogP contribution in [-0.4, -0.2) is 47.8 Å². The van der Waals surface area contributed by atoms with Crippen molar-refractivity contribution in [3.63, 3.8) is 0 Å². The van der Waals surface area contributed by atoms with Gasteiger partial charge in [0.25, 0.3) is 0 Å². The summed E-state index contributed by atoms with van der Waals surface area (Å²) in [6.45, 7) is 3.33. The van der Waals surface area contributed by atoms with Crippen LogP contribution in [0.5, 0.6) is 0 Å². The highest BCUT2D eigenvalue weighted by molar-refractivity contribution is 5.85. The van der Waals surface area contributed by atoms with Gasteiger partial charge in [0.2, 0.25) is 0 Å². The number of ether oxygens (including phenoxy) is 1. The maximum atomic E-state index is 10.9. The number of carbonyl (C=O) groups is 1. The number of carboxylic acids is 1. The lowest BCUT2D eigenvalue weighted by Crippen LogP contribution is -2.30. The zero-order valence-corrected chi connectivity index (χ0v) is 11.2. The molecule has 1 atom stereocenters. The first-order chi connectivity index (χ1) is 9.15. The van der Waals surface area contributed by atoms with Crippen molar-refractivity contribution in [3.05, 3.63) is 29.6 Å². The van der Waals surface area contributed by atoms with E-state index in [0.717, 1.165) is 31.9 Å². The lowest BCUT2D eigenvalue weighted by atomic mass is 10.0. The molecule has 1 aromatic rings. The van der Waals surface area contributed by atoms with Gasteiger partial charge in [0.05, 0.1) is 12.3 Å². The summed E-state index contributed by atoms with van der Waals surface area (Å²) in [5, 5.41) is 8.91. The van der Waals surface area contributed by atoms with Gasteiger partial charge in [-0.05, 0) is 37.9 Å². The molecule has 1 saturated heterocycles. The maximum Gasteiger partial charge on any atom is 0.354 e. The Morgan fingerprint density at radius 3 is 3.11 bits per heavy atom. The van der Waals surface area contributed by atoms with Crippen LogP contribution in [0.15, 0.2) is 18.2 Å². The van der Waals surface area contributed by atoms with Crippen LogP contribution in [0, 0.1) is 5.92 Å². The molecule has 0 radical (unpaired) electrons. The highest BCUT2D eigenvalue weighted by Gasteiger charge is 2.16. The van der Waals surface area contributed by atoms with E-state index >= 15 is 0 Å². The Balaban J connectivity index is 1.88. The molecule has 1 fully saturated rings. The van der Waals surface area contributed by atoms with Gasteiger partial charge in [0.15, 0.2) is 0 Å². The number of hydrogen-bond donors (Lipinski definition) is 1. The monoisotopic (exact) mass is 264 g/mol. The van der Waals surface area contributed by atoms with Gasteiger partial charge in [0.1, 0.15) is 5.69 Å². The number of aromatic nitrogens is 1. The number of aromatic carboxylic acids is 1. The lowest BCUT2D eigenvalue weighted by Gasteiger charge is -2.26. The number of nitrogens with zero attached hydrogens (tertiary/aromatic N) is 2. The zero-order valence-electron chi connectivity index (χ0n) is 11.2. The highest BCUT2D eigenvalue weighted by Crippen LogP contribution is 2.15. The number of pyridine rings is 1. The number of carboxylic acid groups (broad SMARTS) is 1. The summed E-state index contributed by atoms with van der Waals surface area (Å²) in [4.78, 5) is 17.2. The Bertz CT molecular complexity index is 430. The van der Waals surface area contributed by atoms with E-state index in [1.54, 1.807) is 6.07 Å². The molecule has 104 valence electrons. The fourth-order valence-corrected chi connectivity index (χ4v) is 2.42. The minimum atomic E-state index is -0.981. The average molecular weight is 264 g/mol. The Labute approximate surface area is 113 Å². The maximum absolute atomic E-state index is 10.9. The van der Waals surface area contributed by atoms with Gasteiger partial charge in [-0.25, -0.2) is 9.78 Å². The molecule has 5 nitrogen and oxygen atoms in total. The SMILES string of the molecule is CN(Cc1cccc(C(=O)O)n1)CC1CCCOC1. The van der Waals surface area contributed by atoms with Crippen molar-refractivity contribution >= 4 is 5.97 Å². The highest BCUT2D eigenvalue weighted by atomic mass is 16.5. The smallest absolute Gasteiger partial charge is 0.354 e. The Morgan fingerprint density at radius 2 is 2.42 bits per heavy atom. The molecule has 1 aliphatic heterocycles. The number of rotatable bonds is 5. The average Bonchev–Trinajstić information content (AvgIpc) is 2.40. The molecule has 1 unspecified atom stereocenters. The van der Waals surface area contributed by atoms with Gasteiger partial charge >= 0.3 is 5.97 Å². The van der Waals surface area contributed by atoms with Crippen LogP contribution in [0.3, 0.4) is 0 Å². The van der Waals surface area contributed by atoms with Gasteiger partial charge in [0, 0.05) is 19.7 Å². The first-order valence-corrected chi connectivity index (χ1v) is 6.60. The van der Waals surface area contributed by atoms with E-state index in [1.807, 2.05) is 13.1 Å². The third-order valence-corrected chi connectivity index (χ3v) is 3.28. The van der Waals surface area contributed by atoms with Crippen molar-refractivity contribution in [3.8, 4) is 0 Å². The summed E-state index contributed by atoms with van der Waals surface area (Å²) >= 11 is 0. The standard InChI is InChI=1S/C14H20N2O3/c1-16(8-11-4-3-7-19-10-11)9-12-5-2-6-13(15-12)14(17)18/h2,5-6,11H,3-4,7-10H2,1H3,(H,17,18). The second-order valence-corrected chi connectivity index (χ2v) is 5.10. The van der Waals surface area contributed by atoms with Crippen LogP contribution in [0.4, 0.5) is 0 Å². The van der Waals surface area contributed by atoms with Gasteiger partial charge in [-0.3, -0.25) is 0 Å². The van der Waals surface area contributed by atoms with Crippen molar-refractivity contribution in [1.82, 2.24) is 9.88 Å². The van der Waals surface area contributed by atoms with Crippen molar-refractivity contribution in [1.29, 1.82) is 0 Å². The summed E-state index contributed by atoms with van der Waals surface area (Å²) in [5.41, 5.74) is 0.894. The normalized spacial score (nSPS) is 19.6. The van der Waals surface area contributed by atoms with Gasteiger partial charge in [-0.15, -0.1) is 0 Å². The Kier molecular flexibility index (Phi) is 4.87. The van der Waals surface area contributed by atoms with Gasteiger partial charge in [-0.1, -0.05) is 6.07 Å². The van der Waals surface area contributed by atoms with Crippen molar-refractivity contribution in [2.75, 3.05) is 26.8 Å². The van der Waals surface area contributed by atoms with E-state index in [-0.39, 0.29) is 5.69 Å². The zero-order chi connectivity index (χ0) is 13.7. The molecule has 0 spiro atoms. The molecule has 2 heterocycles. The van der Waals surface area contributed by atoms with Gasteiger partial charge < -0.3 is 14.7 Å². The Morgan fingerprint density at radius 1 is 1.58 bits per heavy atom. The quantitative estimate of drug-likeness (QED) is 0.876. The largest absolute Gasteiger partial charge is 0.477 e. The predicted octanol–water partition coefficient (Wildman–Crippen LogP) is 1.64. The fraction of sp³-hybridized carbons (Fsp3) is 0.571.